The van der Waals surface area contributed by atoms with Crippen LogP contribution in [0.4, 0.5) is 0 Å². The van der Waals surface area contributed by atoms with Crippen molar-refractivity contribution >= 4 is 0 Å². The quantitative estimate of drug-likeness (QED) is 0.726. The Morgan fingerprint density at radius 3 is 3.16 bits per heavy atom. The minimum Gasteiger partial charge on any atom is -0.383 e. The van der Waals surface area contributed by atoms with E-state index in [-0.39, 0.29) is 0 Å². The molecule has 0 fully saturated rings. The van der Waals surface area contributed by atoms with Gasteiger partial charge >= 0.3 is 0 Å². The van der Waals surface area contributed by atoms with Crippen LogP contribution in [-0.4, -0.2) is 34.8 Å². The lowest BCUT2D eigenvalue weighted by atomic mass is 10.2. The second kappa shape index (κ2) is 7.66. The van der Waals surface area contributed by atoms with Gasteiger partial charge in [-0.15, -0.1) is 0 Å². The van der Waals surface area contributed by atoms with Crippen molar-refractivity contribution in [2.24, 2.45) is 0 Å². The van der Waals surface area contributed by atoms with Crippen molar-refractivity contribution in [1.82, 2.24) is 19.9 Å². The van der Waals surface area contributed by atoms with E-state index in [2.05, 4.69) is 32.1 Å². The largest absolute Gasteiger partial charge is 0.383 e. The summed E-state index contributed by atoms with van der Waals surface area (Å²) in [6.07, 6.45) is 8.63. The van der Waals surface area contributed by atoms with Crippen LogP contribution in [0.3, 0.4) is 0 Å². The van der Waals surface area contributed by atoms with E-state index in [9.17, 15) is 0 Å². The highest BCUT2D eigenvalue weighted by Crippen LogP contribution is 2.01. The van der Waals surface area contributed by atoms with Gasteiger partial charge in [0.05, 0.1) is 18.6 Å². The molecule has 2 heterocycles. The second-order valence-electron chi connectivity index (χ2n) is 4.38. The molecule has 2 aromatic heterocycles. The maximum absolute atomic E-state index is 4.98. The molecule has 19 heavy (non-hydrogen) atoms. The van der Waals surface area contributed by atoms with E-state index < -0.39 is 0 Å². The number of methoxy groups -OCH3 is 1. The summed E-state index contributed by atoms with van der Waals surface area (Å²) in [7, 11) is 1.70. The second-order valence-corrected chi connectivity index (χ2v) is 4.38. The summed E-state index contributed by atoms with van der Waals surface area (Å²) in [5.41, 5.74) is 2.30. The maximum Gasteiger partial charge on any atom is 0.0950 e. The zero-order valence-electron chi connectivity index (χ0n) is 11.2. The predicted octanol–water partition coefficient (Wildman–Crippen LogP) is 1.26. The summed E-state index contributed by atoms with van der Waals surface area (Å²) in [4.78, 5) is 8.48. The van der Waals surface area contributed by atoms with Gasteiger partial charge in [0.25, 0.3) is 0 Å². The Balaban J connectivity index is 1.74. The van der Waals surface area contributed by atoms with Crippen molar-refractivity contribution in [3.63, 3.8) is 0 Å². The zero-order valence-corrected chi connectivity index (χ0v) is 11.2. The summed E-state index contributed by atoms with van der Waals surface area (Å²) in [6.45, 7) is 3.28. The fraction of sp³-hybridized carbons (Fsp3) is 0.429. The predicted molar refractivity (Wildman–Crippen MR) is 73.8 cm³/mol. The first kappa shape index (κ1) is 13.7. The van der Waals surface area contributed by atoms with Crippen LogP contribution in [0.1, 0.15) is 11.3 Å². The van der Waals surface area contributed by atoms with Crippen molar-refractivity contribution in [3.8, 4) is 0 Å². The molecule has 1 N–H and O–H groups in total. The van der Waals surface area contributed by atoms with E-state index in [1.54, 1.807) is 13.3 Å². The molecule has 0 aromatic carbocycles. The third kappa shape index (κ3) is 4.81. The molecule has 0 aliphatic heterocycles. The van der Waals surface area contributed by atoms with Crippen molar-refractivity contribution in [3.05, 3.63) is 48.3 Å². The molecule has 2 rings (SSSR count). The monoisotopic (exact) mass is 260 g/mol. The molecule has 0 unspecified atom stereocenters. The third-order valence-corrected chi connectivity index (χ3v) is 2.86. The Morgan fingerprint density at radius 2 is 2.37 bits per heavy atom. The van der Waals surface area contributed by atoms with Gasteiger partial charge in [0.1, 0.15) is 0 Å². The molecular formula is C14H20N4O. The molecule has 0 atom stereocenters. The standard InChI is InChI=1S/C14H20N4O/c1-19-8-6-16-10-14-11-18(12-17-14)7-4-13-3-2-5-15-9-13/h2-3,5,9,11-12,16H,4,6-8,10H2,1H3. The highest BCUT2D eigenvalue weighted by molar-refractivity contribution is 5.08. The number of nitrogens with zero attached hydrogens (tertiary/aromatic N) is 3. The van der Waals surface area contributed by atoms with E-state index in [4.69, 9.17) is 4.74 Å². The molecule has 5 heteroatoms. The average Bonchev–Trinajstić information content (AvgIpc) is 2.91. The first-order valence-electron chi connectivity index (χ1n) is 6.47. The third-order valence-electron chi connectivity index (χ3n) is 2.86. The molecule has 0 aliphatic carbocycles. The molecule has 0 saturated carbocycles. The van der Waals surface area contributed by atoms with Gasteiger partial charge in [0.2, 0.25) is 0 Å². The van der Waals surface area contributed by atoms with E-state index >= 15 is 0 Å². The van der Waals surface area contributed by atoms with Crippen LogP contribution in [0.25, 0.3) is 0 Å². The van der Waals surface area contributed by atoms with Gasteiger partial charge in [0.15, 0.2) is 0 Å². The summed E-state index contributed by atoms with van der Waals surface area (Å²) < 4.78 is 7.09. The summed E-state index contributed by atoms with van der Waals surface area (Å²) in [6, 6.07) is 4.06. The first-order valence-corrected chi connectivity index (χ1v) is 6.47. The van der Waals surface area contributed by atoms with Crippen molar-refractivity contribution in [2.45, 2.75) is 19.5 Å². The lowest BCUT2D eigenvalue weighted by Crippen LogP contribution is -2.18. The average molecular weight is 260 g/mol. The molecule has 0 spiro atoms. The minimum absolute atomic E-state index is 0.724. The zero-order chi connectivity index (χ0) is 13.3. The molecule has 0 saturated heterocycles. The summed E-state index contributed by atoms with van der Waals surface area (Å²) >= 11 is 0. The number of aryl methyl sites for hydroxylation is 2. The highest BCUT2D eigenvalue weighted by atomic mass is 16.5. The van der Waals surface area contributed by atoms with Crippen LogP contribution in [0.2, 0.25) is 0 Å². The van der Waals surface area contributed by atoms with Gasteiger partial charge in [-0.2, -0.15) is 0 Å². The Kier molecular flexibility index (Phi) is 5.52. The fourth-order valence-electron chi connectivity index (χ4n) is 1.81. The number of pyridine rings is 1. The number of rotatable bonds is 8. The van der Waals surface area contributed by atoms with Crippen LogP contribution >= 0.6 is 0 Å². The Morgan fingerprint density at radius 1 is 1.42 bits per heavy atom. The molecule has 0 aliphatic rings. The smallest absolute Gasteiger partial charge is 0.0950 e. The topological polar surface area (TPSA) is 52.0 Å². The van der Waals surface area contributed by atoms with Gasteiger partial charge < -0.3 is 14.6 Å². The summed E-state index contributed by atoms with van der Waals surface area (Å²) in [5, 5.41) is 3.28. The van der Waals surface area contributed by atoms with Crippen LogP contribution in [-0.2, 0) is 24.2 Å². The summed E-state index contributed by atoms with van der Waals surface area (Å²) in [5.74, 6) is 0. The van der Waals surface area contributed by atoms with E-state index in [0.717, 1.165) is 38.4 Å². The van der Waals surface area contributed by atoms with Gasteiger partial charge in [-0.1, -0.05) is 6.07 Å². The van der Waals surface area contributed by atoms with Crippen LogP contribution in [0.5, 0.6) is 0 Å². The van der Waals surface area contributed by atoms with Gasteiger partial charge in [-0.05, 0) is 18.1 Å². The molecule has 5 nitrogen and oxygen atoms in total. The van der Waals surface area contributed by atoms with Gasteiger partial charge in [0, 0.05) is 45.3 Å². The minimum atomic E-state index is 0.724. The SMILES string of the molecule is COCCNCc1cn(CCc2cccnc2)cn1. The van der Waals surface area contributed by atoms with E-state index in [1.807, 2.05) is 18.6 Å². The molecule has 0 bridgehead atoms. The molecule has 0 radical (unpaired) electrons. The number of imidazole rings is 1. The van der Waals surface area contributed by atoms with Crippen molar-refractivity contribution in [1.29, 1.82) is 0 Å². The molecular weight excluding hydrogens is 240 g/mol. The number of ether oxygens (including phenoxy) is 1. The lowest BCUT2D eigenvalue weighted by molar-refractivity contribution is 0.199. The Labute approximate surface area is 113 Å². The number of aromatic nitrogens is 3. The molecule has 2 aromatic rings. The lowest BCUT2D eigenvalue weighted by Gasteiger charge is -2.02. The maximum atomic E-state index is 4.98. The first-order chi connectivity index (χ1) is 9.38. The molecule has 0 amide bonds. The number of hydrogen-bond acceptors (Lipinski definition) is 4. The van der Waals surface area contributed by atoms with Crippen molar-refractivity contribution < 1.29 is 4.74 Å². The molecule has 102 valence electrons. The Bertz CT molecular complexity index is 469. The van der Waals surface area contributed by atoms with Gasteiger partial charge in [-0.3, -0.25) is 4.98 Å². The highest BCUT2D eigenvalue weighted by Gasteiger charge is 1.99. The van der Waals surface area contributed by atoms with Crippen LogP contribution < -0.4 is 5.32 Å². The Hall–Kier alpha value is -1.72. The fourth-order valence-corrected chi connectivity index (χ4v) is 1.81. The van der Waals surface area contributed by atoms with E-state index in [0.29, 0.717) is 0 Å². The number of nitrogens with one attached hydrogen (secondary N) is 1. The van der Waals surface area contributed by atoms with Crippen LogP contribution in [0.15, 0.2) is 37.1 Å². The van der Waals surface area contributed by atoms with Crippen LogP contribution in [0, 0.1) is 0 Å². The van der Waals surface area contributed by atoms with E-state index in [1.165, 1.54) is 5.56 Å². The normalized spacial score (nSPS) is 10.8. The van der Waals surface area contributed by atoms with Crippen molar-refractivity contribution in [2.75, 3.05) is 20.3 Å². The van der Waals surface area contributed by atoms with Gasteiger partial charge in [-0.25, -0.2) is 4.98 Å². The number of hydrogen-bond donors (Lipinski definition) is 1.